The predicted octanol–water partition coefficient (Wildman–Crippen LogP) is 3.57. The molecule has 1 aliphatic heterocycles. The predicted molar refractivity (Wildman–Crippen MR) is 100 cm³/mol. The number of hydrogen-bond donors (Lipinski definition) is 0. The number of alkyl halides is 2. The van der Waals surface area contributed by atoms with Gasteiger partial charge < -0.3 is 14.5 Å². The van der Waals surface area contributed by atoms with Gasteiger partial charge in [0, 0.05) is 38.2 Å². The van der Waals surface area contributed by atoms with Gasteiger partial charge in [-0.2, -0.15) is 8.78 Å². The molecule has 28 heavy (non-hydrogen) atoms. The van der Waals surface area contributed by atoms with Crippen LogP contribution < -0.4 is 9.64 Å². The van der Waals surface area contributed by atoms with Crippen molar-refractivity contribution in [3.8, 4) is 5.75 Å². The van der Waals surface area contributed by atoms with Crippen molar-refractivity contribution >= 4 is 23.3 Å². The number of amides is 1. The lowest BCUT2D eigenvalue weighted by Crippen LogP contribution is -2.49. The molecule has 2 fully saturated rings. The molecule has 2 aliphatic rings. The highest BCUT2D eigenvalue weighted by molar-refractivity contribution is 6.29. The topological polar surface area (TPSA) is 58.6 Å². The summed E-state index contributed by atoms with van der Waals surface area (Å²) in [5.41, 5.74) is 0.136. The molecule has 148 valence electrons. The molecule has 2 heterocycles. The third kappa shape index (κ3) is 4.16. The van der Waals surface area contributed by atoms with Crippen molar-refractivity contribution in [1.29, 1.82) is 0 Å². The largest absolute Gasteiger partial charge is 0.434 e. The molecule has 0 atom stereocenters. The van der Waals surface area contributed by atoms with Gasteiger partial charge in [0.05, 0.1) is 5.56 Å². The Kier molecular flexibility index (Phi) is 5.30. The molecule has 1 saturated heterocycles. The molecule has 1 aromatic carbocycles. The molecule has 1 saturated carbocycles. The lowest BCUT2D eigenvalue weighted by atomic mass is 10.1. The Bertz CT molecular complexity index is 871. The monoisotopic (exact) mass is 408 g/mol. The number of benzene rings is 1. The van der Waals surface area contributed by atoms with E-state index in [1.54, 1.807) is 23.1 Å². The lowest BCUT2D eigenvalue weighted by Gasteiger charge is -2.35. The zero-order valence-corrected chi connectivity index (χ0v) is 15.8. The van der Waals surface area contributed by atoms with Gasteiger partial charge >= 0.3 is 6.61 Å². The fourth-order valence-electron chi connectivity index (χ4n) is 3.26. The van der Waals surface area contributed by atoms with E-state index in [4.69, 9.17) is 11.6 Å². The van der Waals surface area contributed by atoms with Crippen LogP contribution in [0.25, 0.3) is 0 Å². The molecular weight excluding hydrogens is 390 g/mol. The maximum atomic E-state index is 12.8. The second-order valence-electron chi connectivity index (χ2n) is 6.84. The quantitative estimate of drug-likeness (QED) is 0.708. The molecule has 1 aliphatic carbocycles. The Labute approximate surface area is 166 Å². The van der Waals surface area contributed by atoms with Gasteiger partial charge in [-0.15, -0.1) is 0 Å². The smallest absolute Gasteiger partial charge is 0.387 e. The minimum absolute atomic E-state index is 0.110. The fraction of sp³-hybridized carbons (Fsp3) is 0.421. The van der Waals surface area contributed by atoms with E-state index < -0.39 is 6.61 Å². The number of aromatic nitrogens is 2. The molecule has 0 N–H and O–H groups in total. The molecule has 9 heteroatoms. The normalized spacial score (nSPS) is 17.1. The Balaban J connectivity index is 1.44. The number of carbonyl (C=O) groups excluding carboxylic acids is 1. The average molecular weight is 409 g/mol. The number of nitrogens with zero attached hydrogens (tertiary/aromatic N) is 4. The van der Waals surface area contributed by atoms with Crippen LogP contribution in [0, 0.1) is 0 Å². The summed E-state index contributed by atoms with van der Waals surface area (Å²) in [6.07, 6.45) is 2.17. The van der Waals surface area contributed by atoms with E-state index >= 15 is 0 Å². The van der Waals surface area contributed by atoms with Gasteiger partial charge in [-0.05, 0) is 25.0 Å². The first-order valence-electron chi connectivity index (χ1n) is 9.14. The second kappa shape index (κ2) is 7.87. The van der Waals surface area contributed by atoms with E-state index in [1.807, 2.05) is 0 Å². The van der Waals surface area contributed by atoms with Crippen LogP contribution in [0.2, 0.25) is 5.15 Å². The fourth-order valence-corrected chi connectivity index (χ4v) is 3.44. The van der Waals surface area contributed by atoms with Crippen LogP contribution in [0.15, 0.2) is 30.3 Å². The Morgan fingerprint density at radius 2 is 1.86 bits per heavy atom. The number of para-hydroxylation sites is 1. The van der Waals surface area contributed by atoms with Crippen molar-refractivity contribution < 1.29 is 18.3 Å². The molecule has 4 rings (SSSR count). The third-order valence-corrected chi connectivity index (χ3v) is 5.06. The Hall–Kier alpha value is -2.48. The van der Waals surface area contributed by atoms with Gasteiger partial charge in [-0.1, -0.05) is 23.7 Å². The first-order valence-corrected chi connectivity index (χ1v) is 9.51. The van der Waals surface area contributed by atoms with Crippen LogP contribution in [0.5, 0.6) is 5.75 Å². The van der Waals surface area contributed by atoms with E-state index in [1.165, 1.54) is 12.1 Å². The number of halogens is 3. The van der Waals surface area contributed by atoms with Crippen LogP contribution in [0.4, 0.5) is 14.6 Å². The summed E-state index contributed by atoms with van der Waals surface area (Å²) < 4.78 is 29.7. The van der Waals surface area contributed by atoms with E-state index in [0.717, 1.165) is 24.5 Å². The van der Waals surface area contributed by atoms with Gasteiger partial charge in [-0.3, -0.25) is 4.79 Å². The second-order valence-corrected chi connectivity index (χ2v) is 7.22. The van der Waals surface area contributed by atoms with Crippen molar-refractivity contribution in [3.05, 3.63) is 46.9 Å². The van der Waals surface area contributed by atoms with E-state index in [2.05, 4.69) is 19.6 Å². The Morgan fingerprint density at radius 1 is 1.14 bits per heavy atom. The van der Waals surface area contributed by atoms with Crippen LogP contribution >= 0.6 is 11.6 Å². The van der Waals surface area contributed by atoms with Crippen molar-refractivity contribution in [2.75, 3.05) is 31.1 Å². The highest BCUT2D eigenvalue weighted by Crippen LogP contribution is 2.39. The summed E-state index contributed by atoms with van der Waals surface area (Å²) >= 11 is 6.14. The molecule has 1 aromatic heterocycles. The van der Waals surface area contributed by atoms with Crippen LogP contribution in [0.3, 0.4) is 0 Å². The van der Waals surface area contributed by atoms with Crippen molar-refractivity contribution in [3.63, 3.8) is 0 Å². The maximum Gasteiger partial charge on any atom is 0.387 e. The molecule has 1 amide bonds. The van der Waals surface area contributed by atoms with Gasteiger partial charge in [0.2, 0.25) is 0 Å². The van der Waals surface area contributed by atoms with E-state index in [9.17, 15) is 13.6 Å². The summed E-state index contributed by atoms with van der Waals surface area (Å²) in [4.78, 5) is 25.4. The first-order chi connectivity index (χ1) is 13.5. The van der Waals surface area contributed by atoms with Crippen LogP contribution in [-0.4, -0.2) is 53.6 Å². The van der Waals surface area contributed by atoms with Gasteiger partial charge in [-0.25, -0.2) is 9.97 Å². The highest BCUT2D eigenvalue weighted by atomic mass is 35.5. The molecule has 2 aromatic rings. The molecule has 0 radical (unpaired) electrons. The minimum atomic E-state index is -2.98. The Morgan fingerprint density at radius 3 is 2.54 bits per heavy atom. The SMILES string of the molecule is O=C(c1ccccc1OC(F)F)N1CCN(c2cc(Cl)nc(C3CC3)n2)CC1. The molecular formula is C19H19ClF2N4O2. The average Bonchev–Trinajstić information content (AvgIpc) is 3.52. The number of hydrogen-bond acceptors (Lipinski definition) is 5. The zero-order valence-electron chi connectivity index (χ0n) is 15.0. The summed E-state index contributed by atoms with van der Waals surface area (Å²) in [5.74, 6) is 1.50. The molecule has 0 unspecified atom stereocenters. The number of carbonyl (C=O) groups is 1. The standard InChI is InChI=1S/C19H19ClF2N4O2/c20-15-11-16(24-17(23-15)12-5-6-12)25-7-9-26(10-8-25)18(27)13-3-1-2-4-14(13)28-19(21)22/h1-4,11-12,19H,5-10H2. The summed E-state index contributed by atoms with van der Waals surface area (Å²) in [6, 6.07) is 7.79. The van der Waals surface area contributed by atoms with E-state index in [0.29, 0.717) is 37.3 Å². The van der Waals surface area contributed by atoms with E-state index in [-0.39, 0.29) is 17.2 Å². The summed E-state index contributed by atoms with van der Waals surface area (Å²) in [5, 5.41) is 0.420. The first kappa shape index (κ1) is 18.9. The van der Waals surface area contributed by atoms with Crippen molar-refractivity contribution in [1.82, 2.24) is 14.9 Å². The number of ether oxygens (including phenoxy) is 1. The van der Waals surface area contributed by atoms with Crippen LogP contribution in [-0.2, 0) is 0 Å². The molecule has 0 spiro atoms. The maximum absolute atomic E-state index is 12.8. The third-order valence-electron chi connectivity index (χ3n) is 4.87. The number of rotatable bonds is 5. The zero-order chi connectivity index (χ0) is 19.7. The van der Waals surface area contributed by atoms with Gasteiger partial charge in [0.25, 0.3) is 5.91 Å². The molecule has 0 bridgehead atoms. The van der Waals surface area contributed by atoms with Crippen molar-refractivity contribution in [2.24, 2.45) is 0 Å². The highest BCUT2D eigenvalue weighted by Gasteiger charge is 2.29. The lowest BCUT2D eigenvalue weighted by molar-refractivity contribution is -0.0502. The van der Waals surface area contributed by atoms with Crippen molar-refractivity contribution in [2.45, 2.75) is 25.4 Å². The van der Waals surface area contributed by atoms with Gasteiger partial charge in [0.1, 0.15) is 22.5 Å². The minimum Gasteiger partial charge on any atom is -0.434 e. The number of anilines is 1. The summed E-state index contributed by atoms with van der Waals surface area (Å²) in [6.45, 7) is -0.943. The van der Waals surface area contributed by atoms with Gasteiger partial charge in [0.15, 0.2) is 0 Å². The number of piperazine rings is 1. The summed E-state index contributed by atoms with van der Waals surface area (Å²) in [7, 11) is 0. The van der Waals surface area contributed by atoms with Crippen LogP contribution in [0.1, 0.15) is 34.9 Å². The molecule has 6 nitrogen and oxygen atoms in total.